The third kappa shape index (κ3) is 5.04. The first kappa shape index (κ1) is 17.5. The lowest BCUT2D eigenvalue weighted by Crippen LogP contribution is -2.45. The number of carbonyl (C=O) groups excluding carboxylic acids is 1. The molecule has 21 heavy (non-hydrogen) atoms. The smallest absolute Gasteiger partial charge is 0.315 e. The minimum absolute atomic E-state index is 0.0931. The number of benzene rings is 1. The molecule has 6 heteroatoms. The molecule has 0 aliphatic heterocycles. The van der Waals surface area contributed by atoms with Gasteiger partial charge in [0.15, 0.2) is 0 Å². The second-order valence-electron chi connectivity index (χ2n) is 5.32. The van der Waals surface area contributed by atoms with Gasteiger partial charge in [0, 0.05) is 11.0 Å². The molecule has 0 aliphatic carbocycles. The van der Waals surface area contributed by atoms with Gasteiger partial charge in [-0.3, -0.25) is 4.79 Å². The predicted octanol–water partition coefficient (Wildman–Crippen LogP) is 3.31. The highest BCUT2D eigenvalue weighted by Gasteiger charge is 2.31. The number of carbonyl (C=O) groups is 2. The zero-order chi connectivity index (χ0) is 16.0. The van der Waals surface area contributed by atoms with Crippen LogP contribution in [-0.2, 0) is 4.79 Å². The Labute approximate surface area is 133 Å². The van der Waals surface area contributed by atoms with Crippen LogP contribution in [0.25, 0.3) is 0 Å². The fraction of sp³-hybridized carbons (Fsp3) is 0.467. The third-order valence-electron chi connectivity index (χ3n) is 3.63. The molecule has 0 fully saturated rings. The first-order valence-electron chi connectivity index (χ1n) is 6.81. The van der Waals surface area contributed by atoms with Crippen LogP contribution < -0.4 is 10.6 Å². The average molecular weight is 357 g/mol. The van der Waals surface area contributed by atoms with E-state index in [1.165, 1.54) is 0 Å². The van der Waals surface area contributed by atoms with Gasteiger partial charge in [-0.1, -0.05) is 35.0 Å². The van der Waals surface area contributed by atoms with Gasteiger partial charge in [0.05, 0.1) is 11.5 Å². The van der Waals surface area contributed by atoms with E-state index >= 15 is 0 Å². The molecular formula is C15H21BrN2O3. The SMILES string of the molecule is CCC(C)(CNC(=O)NC(C)c1cccc(Br)c1)C(=O)O. The molecule has 2 atom stereocenters. The lowest BCUT2D eigenvalue weighted by molar-refractivity contribution is -0.147. The van der Waals surface area contributed by atoms with Crippen molar-refractivity contribution in [2.45, 2.75) is 33.2 Å². The van der Waals surface area contributed by atoms with Crippen LogP contribution in [0.3, 0.4) is 0 Å². The van der Waals surface area contributed by atoms with Gasteiger partial charge in [0.1, 0.15) is 0 Å². The summed E-state index contributed by atoms with van der Waals surface area (Å²) in [4.78, 5) is 23.0. The molecular weight excluding hydrogens is 336 g/mol. The van der Waals surface area contributed by atoms with Crippen LogP contribution in [0.2, 0.25) is 0 Å². The van der Waals surface area contributed by atoms with Crippen molar-refractivity contribution in [3.63, 3.8) is 0 Å². The standard InChI is InChI=1S/C15H21BrN2O3/c1-4-15(3,13(19)20)9-17-14(21)18-10(2)11-6-5-7-12(16)8-11/h5-8,10H,4,9H2,1-3H3,(H,19,20)(H2,17,18,21). The number of hydrogen-bond acceptors (Lipinski definition) is 2. The summed E-state index contributed by atoms with van der Waals surface area (Å²) in [5.74, 6) is -0.912. The van der Waals surface area contributed by atoms with Crippen molar-refractivity contribution in [1.29, 1.82) is 0 Å². The zero-order valence-electron chi connectivity index (χ0n) is 12.4. The summed E-state index contributed by atoms with van der Waals surface area (Å²) in [5, 5.41) is 14.6. The number of halogens is 1. The van der Waals surface area contributed by atoms with Crippen molar-refractivity contribution in [3.05, 3.63) is 34.3 Å². The lowest BCUT2D eigenvalue weighted by atomic mass is 9.88. The van der Waals surface area contributed by atoms with Crippen LogP contribution in [0.4, 0.5) is 4.79 Å². The summed E-state index contributed by atoms with van der Waals surface area (Å²) in [5.41, 5.74) is 0.0205. The Morgan fingerprint density at radius 3 is 2.62 bits per heavy atom. The van der Waals surface area contributed by atoms with Crippen LogP contribution in [-0.4, -0.2) is 23.7 Å². The molecule has 2 amide bonds. The van der Waals surface area contributed by atoms with Crippen LogP contribution >= 0.6 is 15.9 Å². The van der Waals surface area contributed by atoms with E-state index in [1.54, 1.807) is 13.8 Å². The fourth-order valence-corrected chi connectivity index (χ4v) is 2.15. The molecule has 0 aliphatic rings. The van der Waals surface area contributed by atoms with E-state index in [-0.39, 0.29) is 18.6 Å². The van der Waals surface area contributed by atoms with E-state index in [4.69, 9.17) is 5.11 Å². The molecule has 0 radical (unpaired) electrons. The zero-order valence-corrected chi connectivity index (χ0v) is 14.0. The quantitative estimate of drug-likeness (QED) is 0.731. The number of carboxylic acid groups (broad SMARTS) is 1. The van der Waals surface area contributed by atoms with E-state index < -0.39 is 11.4 Å². The number of urea groups is 1. The minimum Gasteiger partial charge on any atom is -0.481 e. The van der Waals surface area contributed by atoms with Crippen molar-refractivity contribution in [2.75, 3.05) is 6.54 Å². The van der Waals surface area contributed by atoms with E-state index in [0.717, 1.165) is 10.0 Å². The number of hydrogen-bond donors (Lipinski definition) is 3. The number of aliphatic carboxylic acids is 1. The molecule has 0 spiro atoms. The Morgan fingerprint density at radius 1 is 1.43 bits per heavy atom. The lowest BCUT2D eigenvalue weighted by Gasteiger charge is -2.24. The molecule has 0 saturated heterocycles. The van der Waals surface area contributed by atoms with Crippen molar-refractivity contribution in [2.24, 2.45) is 5.41 Å². The molecule has 0 aromatic heterocycles. The van der Waals surface area contributed by atoms with Gasteiger partial charge in [-0.25, -0.2) is 4.79 Å². The summed E-state index contributed by atoms with van der Waals surface area (Å²) in [7, 11) is 0. The molecule has 3 N–H and O–H groups in total. The first-order chi connectivity index (χ1) is 9.78. The predicted molar refractivity (Wildman–Crippen MR) is 85.1 cm³/mol. The summed E-state index contributed by atoms with van der Waals surface area (Å²) >= 11 is 3.39. The highest BCUT2D eigenvalue weighted by atomic mass is 79.9. The second kappa shape index (κ2) is 7.45. The molecule has 0 saturated carbocycles. The minimum atomic E-state index is -0.948. The number of nitrogens with one attached hydrogen (secondary N) is 2. The van der Waals surface area contributed by atoms with Crippen LogP contribution in [0.1, 0.15) is 38.8 Å². The van der Waals surface area contributed by atoms with Gasteiger partial charge < -0.3 is 15.7 Å². The average Bonchev–Trinajstić information content (AvgIpc) is 2.44. The number of amides is 2. The monoisotopic (exact) mass is 356 g/mol. The molecule has 0 bridgehead atoms. The van der Waals surface area contributed by atoms with Crippen molar-refractivity contribution >= 4 is 27.9 Å². The van der Waals surface area contributed by atoms with Crippen molar-refractivity contribution in [3.8, 4) is 0 Å². The maximum atomic E-state index is 11.9. The van der Waals surface area contributed by atoms with Gasteiger partial charge in [0.25, 0.3) is 0 Å². The number of rotatable bonds is 6. The van der Waals surface area contributed by atoms with Gasteiger partial charge in [-0.15, -0.1) is 0 Å². The van der Waals surface area contributed by atoms with E-state index in [2.05, 4.69) is 26.6 Å². The largest absolute Gasteiger partial charge is 0.481 e. The molecule has 116 valence electrons. The molecule has 1 aromatic carbocycles. The Morgan fingerprint density at radius 2 is 2.10 bits per heavy atom. The van der Waals surface area contributed by atoms with E-state index in [1.807, 2.05) is 31.2 Å². The molecule has 1 aromatic rings. The maximum Gasteiger partial charge on any atom is 0.315 e. The molecule has 0 heterocycles. The highest BCUT2D eigenvalue weighted by molar-refractivity contribution is 9.10. The third-order valence-corrected chi connectivity index (χ3v) is 4.13. The van der Waals surface area contributed by atoms with Gasteiger partial charge in [0.2, 0.25) is 0 Å². The topological polar surface area (TPSA) is 78.4 Å². The molecule has 1 rings (SSSR count). The van der Waals surface area contributed by atoms with Gasteiger partial charge in [-0.05, 0) is 38.0 Å². The van der Waals surface area contributed by atoms with Crippen LogP contribution in [0.5, 0.6) is 0 Å². The Hall–Kier alpha value is -1.56. The van der Waals surface area contributed by atoms with Crippen molar-refractivity contribution < 1.29 is 14.7 Å². The Kier molecular flexibility index (Phi) is 6.20. The normalized spacial score (nSPS) is 14.9. The molecule has 2 unspecified atom stereocenters. The fourth-order valence-electron chi connectivity index (χ4n) is 1.73. The summed E-state index contributed by atoms with van der Waals surface area (Å²) in [6.07, 6.45) is 0.448. The van der Waals surface area contributed by atoms with Crippen LogP contribution in [0, 0.1) is 5.41 Å². The number of carboxylic acids is 1. The summed E-state index contributed by atoms with van der Waals surface area (Å²) in [6.45, 7) is 5.37. The van der Waals surface area contributed by atoms with Gasteiger partial charge >= 0.3 is 12.0 Å². The first-order valence-corrected chi connectivity index (χ1v) is 7.61. The Balaban J connectivity index is 2.56. The maximum absolute atomic E-state index is 11.9. The molecule has 5 nitrogen and oxygen atoms in total. The van der Waals surface area contributed by atoms with E-state index in [0.29, 0.717) is 6.42 Å². The van der Waals surface area contributed by atoms with Gasteiger partial charge in [-0.2, -0.15) is 0 Å². The summed E-state index contributed by atoms with van der Waals surface area (Å²) < 4.78 is 0.943. The Bertz CT molecular complexity index is 521. The highest BCUT2D eigenvalue weighted by Crippen LogP contribution is 2.20. The van der Waals surface area contributed by atoms with E-state index in [9.17, 15) is 9.59 Å². The summed E-state index contributed by atoms with van der Waals surface area (Å²) in [6, 6.07) is 7.12. The second-order valence-corrected chi connectivity index (χ2v) is 6.24. The van der Waals surface area contributed by atoms with Crippen molar-refractivity contribution in [1.82, 2.24) is 10.6 Å². The van der Waals surface area contributed by atoms with Crippen LogP contribution in [0.15, 0.2) is 28.7 Å².